The summed E-state index contributed by atoms with van der Waals surface area (Å²) in [6.45, 7) is 0. The number of nitro benzene ring substituents is 2. The van der Waals surface area contributed by atoms with Crippen molar-refractivity contribution in [2.24, 2.45) is 15.2 Å². The van der Waals surface area contributed by atoms with E-state index in [0.29, 0.717) is 5.39 Å². The van der Waals surface area contributed by atoms with Crippen molar-refractivity contribution in [2.75, 3.05) is 4.90 Å². The molecule has 0 saturated heterocycles. The minimum absolute atomic E-state index is 0.00588. The van der Waals surface area contributed by atoms with Crippen molar-refractivity contribution in [1.82, 2.24) is 0 Å². The fourth-order valence-corrected chi connectivity index (χ4v) is 5.54. The molecule has 0 atom stereocenters. The van der Waals surface area contributed by atoms with Gasteiger partial charge in [0, 0.05) is 22.4 Å². The molecule has 222 valence electrons. The van der Waals surface area contributed by atoms with Crippen LogP contribution in [0.1, 0.15) is 15.9 Å². The number of nitrogens with zero attached hydrogens (tertiary/aromatic N) is 6. The van der Waals surface area contributed by atoms with Crippen LogP contribution in [0.5, 0.6) is 5.75 Å². The summed E-state index contributed by atoms with van der Waals surface area (Å²) in [4.78, 5) is 39.6. The maximum atomic E-state index is 12.7. The predicted octanol–water partition coefficient (Wildman–Crippen LogP) is 8.67. The fourth-order valence-electron chi connectivity index (χ4n) is 5.54. The number of benzene rings is 6. The Morgan fingerprint density at radius 2 is 1.43 bits per heavy atom. The molecule has 2 aliphatic heterocycles. The number of phenolic OH excluding ortho intramolecular Hbond substituents is 1. The summed E-state index contributed by atoms with van der Waals surface area (Å²) in [5, 5.41) is 43.2. The molecule has 1 N–H and O–H groups in total. The quantitative estimate of drug-likeness (QED) is 0.119. The van der Waals surface area contributed by atoms with Crippen LogP contribution in [-0.2, 0) is 0 Å². The maximum absolute atomic E-state index is 12.7. The first-order valence-electron chi connectivity index (χ1n) is 13.9. The summed E-state index contributed by atoms with van der Waals surface area (Å²) in [7, 11) is 0. The molecule has 0 aromatic heterocycles. The molecule has 0 radical (unpaired) electrons. The molecule has 0 saturated carbocycles. The second-order valence-corrected chi connectivity index (χ2v) is 10.3. The third-order valence-electron chi connectivity index (χ3n) is 7.64. The molecular formula is C34H20N6O6. The Morgan fingerprint density at radius 3 is 2.22 bits per heavy atom. The third-order valence-corrected chi connectivity index (χ3v) is 7.64. The van der Waals surface area contributed by atoms with Gasteiger partial charge in [-0.25, -0.2) is 4.99 Å². The van der Waals surface area contributed by atoms with E-state index in [-0.39, 0.29) is 23.0 Å². The summed E-state index contributed by atoms with van der Waals surface area (Å²) in [6, 6.07) is 33.1. The van der Waals surface area contributed by atoms with Gasteiger partial charge in [0.15, 0.2) is 5.69 Å². The molecule has 0 bridgehead atoms. The van der Waals surface area contributed by atoms with Crippen LogP contribution in [0.15, 0.2) is 130 Å². The summed E-state index contributed by atoms with van der Waals surface area (Å²) in [6.07, 6.45) is 0. The first kappa shape index (κ1) is 28.0. The highest BCUT2D eigenvalue weighted by Crippen LogP contribution is 2.43. The number of carbonyl (C=O) groups excluding carboxylic acids is 1. The predicted molar refractivity (Wildman–Crippen MR) is 173 cm³/mol. The molecule has 0 unspecified atom stereocenters. The molecule has 46 heavy (non-hydrogen) atoms. The average molecular weight is 609 g/mol. The highest BCUT2D eigenvalue weighted by atomic mass is 16.6. The lowest BCUT2D eigenvalue weighted by Gasteiger charge is -2.24. The van der Waals surface area contributed by atoms with Gasteiger partial charge in [-0.15, -0.1) is 10.2 Å². The van der Waals surface area contributed by atoms with Crippen LogP contribution in [0.2, 0.25) is 0 Å². The van der Waals surface area contributed by atoms with Gasteiger partial charge in [0.25, 0.3) is 11.6 Å². The Balaban J connectivity index is 0.000000149. The summed E-state index contributed by atoms with van der Waals surface area (Å²) >= 11 is 0. The van der Waals surface area contributed by atoms with E-state index < -0.39 is 21.2 Å². The van der Waals surface area contributed by atoms with Gasteiger partial charge in [-0.2, -0.15) is 0 Å². The molecule has 8 rings (SSSR count). The second-order valence-electron chi connectivity index (χ2n) is 10.3. The first-order chi connectivity index (χ1) is 22.3. The van der Waals surface area contributed by atoms with Crippen molar-refractivity contribution in [2.45, 2.75) is 0 Å². The number of azo groups is 1. The number of anilines is 1. The topological polar surface area (TPSA) is 164 Å². The number of hydrogen-bond acceptors (Lipinski definition) is 9. The number of non-ortho nitro benzene ring substituents is 1. The Bertz CT molecular complexity index is 2330. The number of amidine groups is 1. The largest absolute Gasteiger partial charge is 0.506 e. The number of carbonyl (C=O) groups is 1. The number of amides is 1. The Hall–Kier alpha value is -6.82. The number of phenols is 1. The minimum Gasteiger partial charge on any atom is -0.506 e. The maximum Gasteiger partial charge on any atom is 0.303 e. The van der Waals surface area contributed by atoms with E-state index in [9.17, 15) is 30.1 Å². The van der Waals surface area contributed by atoms with Crippen LogP contribution in [0.3, 0.4) is 0 Å². The molecule has 12 nitrogen and oxygen atoms in total. The van der Waals surface area contributed by atoms with Crippen LogP contribution < -0.4 is 4.90 Å². The van der Waals surface area contributed by atoms with Gasteiger partial charge in [0.2, 0.25) is 0 Å². The normalized spacial score (nSPS) is 12.8. The standard InChI is InChI=1S/C18H10N2O.C16H10N4O5/c21-18-13-8-2-1-7-12(13)17-19-14-9-3-5-11-6-4-10-15(16(11)14)20(17)18;21-15-8-5-10-3-1-2-4-12(10)16(15)18-17-13-7-6-11(19(22)23)9-14(13)20(24)25/h1-10H;1-9,21H. The van der Waals surface area contributed by atoms with Gasteiger partial charge in [0.05, 0.1) is 32.9 Å². The second kappa shape index (κ2) is 11.0. The van der Waals surface area contributed by atoms with Gasteiger partial charge in [-0.1, -0.05) is 72.8 Å². The van der Waals surface area contributed by atoms with E-state index in [0.717, 1.165) is 62.7 Å². The van der Waals surface area contributed by atoms with Gasteiger partial charge in [-0.3, -0.25) is 29.9 Å². The molecule has 0 fully saturated rings. The molecule has 12 heteroatoms. The van der Waals surface area contributed by atoms with Crippen molar-refractivity contribution in [3.63, 3.8) is 0 Å². The molecule has 0 aliphatic carbocycles. The van der Waals surface area contributed by atoms with Crippen LogP contribution in [0.4, 0.5) is 34.1 Å². The van der Waals surface area contributed by atoms with Crippen LogP contribution in [0.25, 0.3) is 21.5 Å². The van der Waals surface area contributed by atoms with Gasteiger partial charge < -0.3 is 5.11 Å². The third kappa shape index (κ3) is 4.66. The lowest BCUT2D eigenvalue weighted by atomic mass is 10.0. The number of aromatic hydroxyl groups is 1. The monoisotopic (exact) mass is 608 g/mol. The summed E-state index contributed by atoms with van der Waals surface area (Å²) < 4.78 is 0. The minimum atomic E-state index is -0.774. The molecular weight excluding hydrogens is 588 g/mol. The molecule has 6 aromatic carbocycles. The van der Waals surface area contributed by atoms with Crippen molar-refractivity contribution in [1.29, 1.82) is 0 Å². The summed E-state index contributed by atoms with van der Waals surface area (Å²) in [5.41, 5.74) is 2.54. The molecule has 6 aromatic rings. The Morgan fingerprint density at radius 1 is 0.717 bits per heavy atom. The molecule has 2 aliphatic rings. The number of hydrogen-bond donors (Lipinski definition) is 1. The van der Waals surface area contributed by atoms with E-state index in [2.05, 4.69) is 22.4 Å². The average Bonchev–Trinajstić information content (AvgIpc) is 3.36. The zero-order valence-electron chi connectivity index (χ0n) is 23.6. The molecule has 0 spiro atoms. The summed E-state index contributed by atoms with van der Waals surface area (Å²) in [5.74, 6) is 0.611. The van der Waals surface area contributed by atoms with Crippen LogP contribution in [-0.4, -0.2) is 26.7 Å². The van der Waals surface area contributed by atoms with Gasteiger partial charge in [-0.05, 0) is 41.1 Å². The number of fused-ring (bicyclic) bond motifs is 5. The van der Waals surface area contributed by atoms with Crippen LogP contribution in [0, 0.1) is 20.2 Å². The SMILES string of the molecule is O=C1c2ccccc2C2=Nc3cccc4cccc(c34)N12.O=[N+]([O-])c1ccc(N=Nc2c(O)ccc3ccccc23)c([N+](=O)[O-])c1. The number of nitro groups is 2. The highest BCUT2D eigenvalue weighted by Gasteiger charge is 2.37. The zero-order valence-corrected chi connectivity index (χ0v) is 23.6. The lowest BCUT2D eigenvalue weighted by Crippen LogP contribution is -2.31. The van der Waals surface area contributed by atoms with Crippen molar-refractivity contribution in [3.05, 3.63) is 147 Å². The number of rotatable bonds is 4. The van der Waals surface area contributed by atoms with Crippen molar-refractivity contribution >= 4 is 67.4 Å². The molecule has 1 amide bonds. The first-order valence-corrected chi connectivity index (χ1v) is 13.9. The van der Waals surface area contributed by atoms with E-state index >= 15 is 0 Å². The molecule has 2 heterocycles. The zero-order chi connectivity index (χ0) is 31.9. The van der Waals surface area contributed by atoms with Gasteiger partial charge >= 0.3 is 5.69 Å². The Kier molecular flexibility index (Phi) is 6.71. The highest BCUT2D eigenvalue weighted by molar-refractivity contribution is 6.39. The van der Waals surface area contributed by atoms with E-state index in [1.54, 1.807) is 23.1 Å². The fraction of sp³-hybridized carbons (Fsp3) is 0. The van der Waals surface area contributed by atoms with E-state index in [4.69, 9.17) is 4.99 Å². The van der Waals surface area contributed by atoms with Crippen LogP contribution >= 0.6 is 0 Å². The smallest absolute Gasteiger partial charge is 0.303 e. The Labute approximate surface area is 259 Å². The number of aliphatic imine (C=N–C) groups is 1. The van der Waals surface area contributed by atoms with E-state index in [1.807, 2.05) is 60.7 Å². The van der Waals surface area contributed by atoms with E-state index in [1.165, 1.54) is 6.07 Å². The lowest BCUT2D eigenvalue weighted by molar-refractivity contribution is -0.393. The van der Waals surface area contributed by atoms with Crippen molar-refractivity contribution < 1.29 is 19.7 Å². The van der Waals surface area contributed by atoms with Crippen molar-refractivity contribution in [3.8, 4) is 5.75 Å². The van der Waals surface area contributed by atoms with Gasteiger partial charge in [0.1, 0.15) is 17.3 Å².